The lowest BCUT2D eigenvalue weighted by Gasteiger charge is -2.19. The third-order valence-electron chi connectivity index (χ3n) is 2.18. The topological polar surface area (TPSA) is 104 Å². The normalized spacial score (nSPS) is 11.6. The smallest absolute Gasteiger partial charge is 0.407 e. The Bertz CT molecular complexity index is 377. The van der Waals surface area contributed by atoms with Gasteiger partial charge in [-0.2, -0.15) is 0 Å². The predicted octanol–water partition coefficient (Wildman–Crippen LogP) is 0.202. The molecule has 0 spiro atoms. The van der Waals surface area contributed by atoms with Gasteiger partial charge in [0.05, 0.1) is 0 Å². The average Bonchev–Trinajstić information content (AvgIpc) is 2.39. The minimum absolute atomic E-state index is 0.0582. The van der Waals surface area contributed by atoms with Gasteiger partial charge in [0.2, 0.25) is 5.91 Å². The molecular weight excluding hydrogens is 286 g/mol. The number of guanidine groups is 1. The van der Waals surface area contributed by atoms with E-state index in [2.05, 4.69) is 26.3 Å². The predicted molar refractivity (Wildman–Crippen MR) is 86.9 cm³/mol. The van der Waals surface area contributed by atoms with Crippen LogP contribution >= 0.6 is 0 Å². The van der Waals surface area contributed by atoms with E-state index < -0.39 is 11.7 Å². The zero-order chi connectivity index (χ0) is 17.0. The zero-order valence-corrected chi connectivity index (χ0v) is 14.2. The fraction of sp³-hybridized carbons (Fsp3) is 0.786. The molecule has 0 saturated heterocycles. The Kier molecular flexibility index (Phi) is 9.73. The molecule has 0 aliphatic rings. The number of nitrogens with one attached hydrogen (secondary N) is 4. The molecule has 0 aliphatic heterocycles. The van der Waals surface area contributed by atoms with E-state index in [0.717, 1.165) is 0 Å². The number of aliphatic imine (C=N–C) groups is 1. The van der Waals surface area contributed by atoms with Gasteiger partial charge in [0, 0.05) is 26.2 Å². The third-order valence-corrected chi connectivity index (χ3v) is 2.18. The van der Waals surface area contributed by atoms with Crippen LogP contribution in [0.1, 0.15) is 34.6 Å². The van der Waals surface area contributed by atoms with E-state index in [4.69, 9.17) is 4.74 Å². The molecule has 0 atom stereocenters. The summed E-state index contributed by atoms with van der Waals surface area (Å²) in [6, 6.07) is 0. The number of likely N-dealkylation sites (N-methyl/N-ethyl adjacent to an activating group) is 1. The molecular formula is C14H29N5O3. The van der Waals surface area contributed by atoms with Crippen LogP contribution in [0.4, 0.5) is 4.79 Å². The molecule has 0 saturated carbocycles. The fourth-order valence-electron chi connectivity index (χ4n) is 1.41. The van der Waals surface area contributed by atoms with Crippen molar-refractivity contribution in [3.8, 4) is 0 Å². The van der Waals surface area contributed by atoms with Crippen LogP contribution in [0.25, 0.3) is 0 Å². The number of hydrogen-bond donors (Lipinski definition) is 4. The van der Waals surface area contributed by atoms with E-state index in [1.54, 1.807) is 0 Å². The number of nitrogens with zero attached hydrogens (tertiary/aromatic N) is 1. The molecule has 4 N–H and O–H groups in total. The summed E-state index contributed by atoms with van der Waals surface area (Å²) in [6.45, 7) is 11.4. The van der Waals surface area contributed by atoms with Crippen molar-refractivity contribution in [2.45, 2.75) is 40.2 Å². The first kappa shape index (κ1) is 20.0. The highest BCUT2D eigenvalue weighted by Gasteiger charge is 2.15. The Morgan fingerprint density at radius 2 is 1.55 bits per heavy atom. The molecule has 0 rings (SSSR count). The molecule has 2 amide bonds. The van der Waals surface area contributed by atoms with Crippen molar-refractivity contribution in [2.24, 2.45) is 4.99 Å². The molecule has 128 valence electrons. The van der Waals surface area contributed by atoms with Gasteiger partial charge >= 0.3 is 6.09 Å². The SMILES string of the molecule is CCNC(=O)CN=C(NCC)NCCNC(=O)OC(C)(C)C. The fourth-order valence-corrected chi connectivity index (χ4v) is 1.41. The molecule has 0 heterocycles. The Morgan fingerprint density at radius 1 is 0.955 bits per heavy atom. The lowest BCUT2D eigenvalue weighted by molar-refractivity contribution is -0.119. The molecule has 0 aromatic carbocycles. The van der Waals surface area contributed by atoms with Crippen molar-refractivity contribution < 1.29 is 14.3 Å². The Balaban J connectivity index is 4.07. The van der Waals surface area contributed by atoms with Gasteiger partial charge in [-0.05, 0) is 34.6 Å². The second-order valence-electron chi connectivity index (χ2n) is 5.50. The largest absolute Gasteiger partial charge is 0.444 e. The summed E-state index contributed by atoms with van der Waals surface area (Å²) in [5, 5.41) is 11.4. The monoisotopic (exact) mass is 315 g/mol. The quantitative estimate of drug-likeness (QED) is 0.305. The molecule has 0 aromatic rings. The number of amides is 2. The van der Waals surface area contributed by atoms with E-state index in [-0.39, 0.29) is 12.5 Å². The minimum Gasteiger partial charge on any atom is -0.444 e. The van der Waals surface area contributed by atoms with Crippen molar-refractivity contribution >= 4 is 18.0 Å². The maximum atomic E-state index is 11.5. The van der Waals surface area contributed by atoms with Crippen molar-refractivity contribution in [1.29, 1.82) is 0 Å². The minimum atomic E-state index is -0.513. The van der Waals surface area contributed by atoms with Gasteiger partial charge in [0.25, 0.3) is 0 Å². The molecule has 0 bridgehead atoms. The molecule has 0 aromatic heterocycles. The lowest BCUT2D eigenvalue weighted by atomic mass is 10.2. The van der Waals surface area contributed by atoms with Crippen LogP contribution in [0.15, 0.2) is 4.99 Å². The van der Waals surface area contributed by atoms with E-state index in [0.29, 0.717) is 32.1 Å². The van der Waals surface area contributed by atoms with Crippen molar-refractivity contribution in [3.63, 3.8) is 0 Å². The summed E-state index contributed by atoms with van der Waals surface area (Å²) < 4.78 is 5.12. The zero-order valence-electron chi connectivity index (χ0n) is 14.2. The highest BCUT2D eigenvalue weighted by atomic mass is 16.6. The molecule has 0 unspecified atom stereocenters. The van der Waals surface area contributed by atoms with Crippen molar-refractivity contribution in [3.05, 3.63) is 0 Å². The van der Waals surface area contributed by atoms with Gasteiger partial charge in [-0.25, -0.2) is 9.79 Å². The molecule has 0 aliphatic carbocycles. The Labute approximate surface area is 132 Å². The van der Waals surface area contributed by atoms with Gasteiger partial charge in [0.1, 0.15) is 12.1 Å². The summed E-state index contributed by atoms with van der Waals surface area (Å²) in [7, 11) is 0. The molecule has 0 fully saturated rings. The van der Waals surface area contributed by atoms with Gasteiger partial charge in [-0.1, -0.05) is 0 Å². The highest BCUT2D eigenvalue weighted by molar-refractivity contribution is 5.84. The average molecular weight is 315 g/mol. The Morgan fingerprint density at radius 3 is 2.09 bits per heavy atom. The van der Waals surface area contributed by atoms with Crippen LogP contribution in [-0.2, 0) is 9.53 Å². The van der Waals surface area contributed by atoms with Crippen LogP contribution in [0.3, 0.4) is 0 Å². The molecule has 22 heavy (non-hydrogen) atoms. The van der Waals surface area contributed by atoms with E-state index in [1.807, 2.05) is 34.6 Å². The van der Waals surface area contributed by atoms with Crippen LogP contribution in [-0.4, -0.2) is 56.3 Å². The Hall–Kier alpha value is -1.99. The summed E-state index contributed by atoms with van der Waals surface area (Å²) in [6.07, 6.45) is -0.460. The summed E-state index contributed by atoms with van der Waals surface area (Å²) in [5.41, 5.74) is -0.513. The maximum absolute atomic E-state index is 11.5. The lowest BCUT2D eigenvalue weighted by Crippen LogP contribution is -2.43. The second-order valence-corrected chi connectivity index (χ2v) is 5.50. The number of carbonyl (C=O) groups excluding carboxylic acids is 2. The van der Waals surface area contributed by atoms with Crippen molar-refractivity contribution in [1.82, 2.24) is 21.3 Å². The highest BCUT2D eigenvalue weighted by Crippen LogP contribution is 2.05. The number of carbonyl (C=O) groups is 2. The first-order valence-corrected chi connectivity index (χ1v) is 7.54. The van der Waals surface area contributed by atoms with E-state index >= 15 is 0 Å². The first-order chi connectivity index (χ1) is 10.3. The third kappa shape index (κ3) is 11.8. The van der Waals surface area contributed by atoms with Gasteiger partial charge in [0.15, 0.2) is 5.96 Å². The van der Waals surface area contributed by atoms with Crippen LogP contribution in [0.2, 0.25) is 0 Å². The summed E-state index contributed by atoms with van der Waals surface area (Å²) in [4.78, 5) is 27.0. The first-order valence-electron chi connectivity index (χ1n) is 7.54. The molecule has 8 nitrogen and oxygen atoms in total. The second kappa shape index (κ2) is 10.7. The van der Waals surface area contributed by atoms with Crippen LogP contribution < -0.4 is 21.3 Å². The van der Waals surface area contributed by atoms with E-state index in [9.17, 15) is 9.59 Å². The standard InChI is InChI=1S/C14H29N5O3/c1-6-15-11(20)10-19-12(16-7-2)17-8-9-18-13(21)22-14(3,4)5/h6-10H2,1-5H3,(H,15,20)(H,18,21)(H2,16,17,19). The molecule has 0 radical (unpaired) electrons. The van der Waals surface area contributed by atoms with Gasteiger partial charge in [-0.3, -0.25) is 4.79 Å². The maximum Gasteiger partial charge on any atom is 0.407 e. The van der Waals surface area contributed by atoms with E-state index in [1.165, 1.54) is 0 Å². The number of hydrogen-bond acceptors (Lipinski definition) is 4. The van der Waals surface area contributed by atoms with Crippen molar-refractivity contribution in [2.75, 3.05) is 32.7 Å². The summed E-state index contributed by atoms with van der Waals surface area (Å²) >= 11 is 0. The summed E-state index contributed by atoms with van der Waals surface area (Å²) in [5.74, 6) is 0.395. The molecule has 8 heteroatoms. The number of rotatable bonds is 7. The van der Waals surface area contributed by atoms with Gasteiger partial charge in [-0.15, -0.1) is 0 Å². The number of ether oxygens (including phenoxy) is 1. The van der Waals surface area contributed by atoms with Crippen LogP contribution in [0.5, 0.6) is 0 Å². The van der Waals surface area contributed by atoms with Crippen LogP contribution in [0, 0.1) is 0 Å². The number of alkyl carbamates (subject to hydrolysis) is 1. The van der Waals surface area contributed by atoms with Gasteiger partial charge < -0.3 is 26.0 Å².